The van der Waals surface area contributed by atoms with E-state index < -0.39 is 122 Å². The van der Waals surface area contributed by atoms with Crippen molar-refractivity contribution >= 4 is 11.8 Å². The summed E-state index contributed by atoms with van der Waals surface area (Å²) in [6.07, 6.45) is -21.3. The zero-order chi connectivity index (χ0) is 36.6. The highest BCUT2D eigenvalue weighted by atomic mass is 16.7. The number of benzene rings is 1. The third-order valence-electron chi connectivity index (χ3n) is 9.98. The SMILES string of the molecule is C[C@H]1CC(NC(=O)[C@@H](O)CCN2C(=O)c3ccccc3C2O)[C@H](O[C@H]2O[C@H](CO)[C@@H](O)[C@H](N)[C@H]2O)C(O)[C@@H]1O[C@H]1O[C@H](CN)[C@@H](O)[C@H](O)[C@H]1O. The molecular weight excluding hydrogens is 668 g/mol. The van der Waals surface area contributed by atoms with Gasteiger partial charge in [-0.05, 0) is 18.4 Å². The van der Waals surface area contributed by atoms with Gasteiger partial charge in [-0.15, -0.1) is 0 Å². The number of amides is 2. The first-order valence-electron chi connectivity index (χ1n) is 16.5. The van der Waals surface area contributed by atoms with Crippen LogP contribution in [0.25, 0.3) is 0 Å². The highest BCUT2D eigenvalue weighted by Gasteiger charge is 2.52. The summed E-state index contributed by atoms with van der Waals surface area (Å²) >= 11 is 0. The predicted octanol–water partition coefficient (Wildman–Crippen LogP) is -5.93. The average Bonchev–Trinajstić information content (AvgIpc) is 3.34. The lowest BCUT2D eigenvalue weighted by molar-refractivity contribution is -0.336. The van der Waals surface area contributed by atoms with Gasteiger partial charge in [-0.25, -0.2) is 0 Å². The molecule has 19 heteroatoms. The number of rotatable bonds is 11. The van der Waals surface area contributed by atoms with Crippen molar-refractivity contribution in [2.24, 2.45) is 17.4 Å². The number of nitrogens with zero attached hydrogens (tertiary/aromatic N) is 1. The molecule has 282 valence electrons. The van der Waals surface area contributed by atoms with E-state index in [0.717, 1.165) is 4.90 Å². The van der Waals surface area contributed by atoms with Gasteiger partial charge in [0.1, 0.15) is 61.0 Å². The van der Waals surface area contributed by atoms with Crippen LogP contribution in [0.2, 0.25) is 0 Å². The van der Waals surface area contributed by atoms with E-state index in [1.165, 1.54) is 0 Å². The van der Waals surface area contributed by atoms with E-state index in [0.29, 0.717) is 11.1 Å². The Hall–Kier alpha value is -2.44. The quantitative estimate of drug-likeness (QED) is 0.101. The van der Waals surface area contributed by atoms with Gasteiger partial charge in [0.25, 0.3) is 5.91 Å². The van der Waals surface area contributed by atoms with Crippen molar-refractivity contribution < 1.29 is 74.5 Å². The summed E-state index contributed by atoms with van der Waals surface area (Å²) in [4.78, 5) is 27.2. The van der Waals surface area contributed by atoms with Crippen molar-refractivity contribution in [3.8, 4) is 0 Å². The molecule has 50 heavy (non-hydrogen) atoms. The van der Waals surface area contributed by atoms with Gasteiger partial charge >= 0.3 is 0 Å². The number of ether oxygens (including phenoxy) is 4. The minimum atomic E-state index is -1.75. The number of aliphatic hydroxyl groups is 9. The Bertz CT molecular complexity index is 1330. The molecule has 1 saturated carbocycles. The monoisotopic (exact) mass is 716 g/mol. The minimum Gasteiger partial charge on any atom is -0.394 e. The molecule has 1 aromatic carbocycles. The lowest BCUT2D eigenvalue weighted by atomic mass is 9.79. The Labute approximate surface area is 286 Å². The van der Waals surface area contributed by atoms with Crippen LogP contribution in [0.15, 0.2) is 24.3 Å². The van der Waals surface area contributed by atoms with Crippen LogP contribution in [0.3, 0.4) is 0 Å². The van der Waals surface area contributed by atoms with Crippen LogP contribution in [0.1, 0.15) is 41.9 Å². The van der Waals surface area contributed by atoms with Crippen LogP contribution < -0.4 is 16.8 Å². The van der Waals surface area contributed by atoms with Crippen LogP contribution in [-0.4, -0.2) is 174 Å². The molecule has 3 heterocycles. The number of nitrogens with two attached hydrogens (primary N) is 2. The number of hydrogen-bond acceptors (Lipinski definition) is 17. The summed E-state index contributed by atoms with van der Waals surface area (Å²) in [5, 5.41) is 97.6. The number of fused-ring (bicyclic) bond motifs is 1. The van der Waals surface area contributed by atoms with E-state index in [1.54, 1.807) is 31.2 Å². The topological polar surface area (TPSA) is 320 Å². The molecular formula is C31H48N4O15. The van der Waals surface area contributed by atoms with Crippen molar-refractivity contribution in [2.75, 3.05) is 19.7 Å². The smallest absolute Gasteiger partial charge is 0.256 e. The second kappa shape index (κ2) is 16.1. The Morgan fingerprint density at radius 2 is 1.58 bits per heavy atom. The predicted molar refractivity (Wildman–Crippen MR) is 166 cm³/mol. The Morgan fingerprint density at radius 3 is 2.24 bits per heavy atom. The van der Waals surface area contributed by atoms with Gasteiger partial charge in [0.05, 0.1) is 24.8 Å². The molecule has 3 unspecified atom stereocenters. The second-order valence-corrected chi connectivity index (χ2v) is 13.3. The van der Waals surface area contributed by atoms with Crippen LogP contribution in [0.4, 0.5) is 0 Å². The molecule has 3 aliphatic heterocycles. The summed E-state index contributed by atoms with van der Waals surface area (Å²) < 4.78 is 23.0. The molecule has 1 aromatic rings. The molecule has 0 bridgehead atoms. The number of carbonyl (C=O) groups is 2. The molecule has 2 saturated heterocycles. The zero-order valence-corrected chi connectivity index (χ0v) is 27.2. The molecule has 19 nitrogen and oxygen atoms in total. The van der Waals surface area contributed by atoms with Gasteiger partial charge in [0.2, 0.25) is 5.91 Å². The first kappa shape index (κ1) is 38.8. The molecule has 2 amide bonds. The van der Waals surface area contributed by atoms with Gasteiger partial charge in [-0.3, -0.25) is 9.59 Å². The molecule has 0 spiro atoms. The third-order valence-corrected chi connectivity index (χ3v) is 9.98. The molecule has 3 fully saturated rings. The summed E-state index contributed by atoms with van der Waals surface area (Å²) in [5.74, 6) is -2.02. The van der Waals surface area contributed by atoms with E-state index in [-0.39, 0.29) is 25.9 Å². The normalized spacial score (nSPS) is 42.6. The molecule has 4 aliphatic rings. The number of carbonyl (C=O) groups excluding carboxylic acids is 2. The van der Waals surface area contributed by atoms with E-state index in [4.69, 9.17) is 30.4 Å². The fourth-order valence-corrected chi connectivity index (χ4v) is 6.97. The van der Waals surface area contributed by atoms with Gasteiger partial charge in [-0.1, -0.05) is 25.1 Å². The molecule has 5 rings (SSSR count). The van der Waals surface area contributed by atoms with Gasteiger partial charge in [0, 0.05) is 30.6 Å². The molecule has 1 aliphatic carbocycles. The first-order valence-corrected chi connectivity index (χ1v) is 16.5. The molecule has 0 radical (unpaired) electrons. The highest BCUT2D eigenvalue weighted by Crippen LogP contribution is 2.36. The van der Waals surface area contributed by atoms with Crippen LogP contribution in [-0.2, 0) is 23.7 Å². The van der Waals surface area contributed by atoms with E-state index >= 15 is 0 Å². The summed E-state index contributed by atoms with van der Waals surface area (Å²) in [7, 11) is 0. The third kappa shape index (κ3) is 7.54. The minimum absolute atomic E-state index is 0.00127. The van der Waals surface area contributed by atoms with Crippen molar-refractivity contribution in [1.82, 2.24) is 10.2 Å². The second-order valence-electron chi connectivity index (χ2n) is 13.3. The van der Waals surface area contributed by atoms with Gasteiger partial charge < -0.3 is 86.6 Å². The fraction of sp³-hybridized carbons (Fsp3) is 0.742. The van der Waals surface area contributed by atoms with Crippen LogP contribution in [0.5, 0.6) is 0 Å². The van der Waals surface area contributed by atoms with E-state index in [1.807, 2.05) is 0 Å². The highest BCUT2D eigenvalue weighted by molar-refractivity contribution is 5.98. The molecule has 14 N–H and O–H groups in total. The fourth-order valence-electron chi connectivity index (χ4n) is 6.97. The maximum atomic E-state index is 13.3. The Morgan fingerprint density at radius 1 is 0.940 bits per heavy atom. The maximum absolute atomic E-state index is 13.3. The average molecular weight is 717 g/mol. The number of aliphatic hydroxyl groups excluding tert-OH is 9. The van der Waals surface area contributed by atoms with Gasteiger partial charge in [-0.2, -0.15) is 0 Å². The van der Waals surface area contributed by atoms with Crippen molar-refractivity contribution in [2.45, 2.75) is 118 Å². The van der Waals surface area contributed by atoms with Crippen molar-refractivity contribution in [3.63, 3.8) is 0 Å². The number of hydrogen-bond donors (Lipinski definition) is 12. The first-order chi connectivity index (χ1) is 23.7. The molecule has 17 atom stereocenters. The van der Waals surface area contributed by atoms with Crippen LogP contribution in [0, 0.1) is 5.92 Å². The largest absolute Gasteiger partial charge is 0.394 e. The zero-order valence-electron chi connectivity index (χ0n) is 27.2. The lowest BCUT2D eigenvalue weighted by Crippen LogP contribution is -2.67. The summed E-state index contributed by atoms with van der Waals surface area (Å²) in [6.45, 7) is 0.527. The van der Waals surface area contributed by atoms with Gasteiger partial charge in [0.15, 0.2) is 18.8 Å². The van der Waals surface area contributed by atoms with E-state index in [9.17, 15) is 55.5 Å². The molecule has 0 aromatic heterocycles. The lowest BCUT2D eigenvalue weighted by Gasteiger charge is -2.49. The van der Waals surface area contributed by atoms with Crippen LogP contribution >= 0.6 is 0 Å². The standard InChI is InChI=1S/C31H48N4O15/c1-11-8-14(34-27(44)15(37)6-7-35-28(45)12-4-2-3-5-13(12)29(35)46)26(50-30-21(40)18(33)19(38)17(10-36)48-30)24(43)25(11)49-31-23(42)22(41)20(39)16(9-32)47-31/h2-5,11,14-26,28,30-31,36-43,45H,6-10,32-33H2,1H3,(H,34,44)/t11-,14?,15-,16+,17+,18-,19+,20+,21+,22-,23+,24?,25+,26-,28?,30+,31+/m0/s1. The summed E-state index contributed by atoms with van der Waals surface area (Å²) in [5.41, 5.74) is 12.3. The van der Waals surface area contributed by atoms with Crippen molar-refractivity contribution in [3.05, 3.63) is 35.4 Å². The van der Waals surface area contributed by atoms with Crippen molar-refractivity contribution in [1.29, 1.82) is 0 Å². The Balaban J connectivity index is 1.31. The maximum Gasteiger partial charge on any atom is 0.256 e. The summed E-state index contributed by atoms with van der Waals surface area (Å²) in [6, 6.07) is 4.03. The Kier molecular flexibility index (Phi) is 12.5. The van der Waals surface area contributed by atoms with E-state index in [2.05, 4.69) is 5.32 Å². The number of nitrogens with one attached hydrogen (secondary N) is 1.